The van der Waals surface area contributed by atoms with Crippen LogP contribution in [-0.4, -0.2) is 39.3 Å². The van der Waals surface area contributed by atoms with Gasteiger partial charge in [0.25, 0.3) is 5.91 Å². The molecule has 1 aliphatic rings. The van der Waals surface area contributed by atoms with Crippen molar-refractivity contribution in [3.05, 3.63) is 23.3 Å². The van der Waals surface area contributed by atoms with Crippen LogP contribution in [0.3, 0.4) is 0 Å². The predicted molar refractivity (Wildman–Crippen MR) is 106 cm³/mol. The average molecular weight is 391 g/mol. The van der Waals surface area contributed by atoms with Crippen molar-refractivity contribution in [2.45, 2.75) is 45.1 Å². The average Bonchev–Trinajstić information content (AvgIpc) is 2.72. The monoisotopic (exact) mass is 391 g/mol. The fourth-order valence-electron chi connectivity index (χ4n) is 3.14. The van der Waals surface area contributed by atoms with Gasteiger partial charge in [-0.2, -0.15) is 0 Å². The Morgan fingerprint density at radius 3 is 2.14 bits per heavy atom. The Hall–Kier alpha value is -2.90. The lowest BCUT2D eigenvalue weighted by Gasteiger charge is -2.22. The maximum absolute atomic E-state index is 12.3. The van der Waals surface area contributed by atoms with Crippen LogP contribution in [0.2, 0.25) is 0 Å². The minimum absolute atomic E-state index is 0.165. The highest BCUT2D eigenvalue weighted by molar-refractivity contribution is 5.98. The summed E-state index contributed by atoms with van der Waals surface area (Å²) >= 11 is 0. The van der Waals surface area contributed by atoms with E-state index in [1.165, 1.54) is 27.8 Å². The minimum atomic E-state index is -0.421. The number of rotatable bonds is 6. The van der Waals surface area contributed by atoms with Crippen molar-refractivity contribution in [2.75, 3.05) is 21.3 Å². The van der Waals surface area contributed by atoms with Gasteiger partial charge in [-0.05, 0) is 31.9 Å². The molecule has 0 atom stereocenters. The standard InChI is InChI=1S/C20H29N3O5/c1-13(10-14-11-17(27-3)18(28-4)12-16(14)26-2)19(24)22-23-20(25)21-15-8-6-5-7-9-15/h10-12,15H,5-9H2,1-4H3,(H,22,24)(H2,21,23,25)/b13-10-. The summed E-state index contributed by atoms with van der Waals surface area (Å²) < 4.78 is 15.9. The summed E-state index contributed by atoms with van der Waals surface area (Å²) in [6.07, 6.45) is 7.04. The Morgan fingerprint density at radius 2 is 1.54 bits per heavy atom. The van der Waals surface area contributed by atoms with Crippen LogP contribution in [0, 0.1) is 0 Å². The number of ether oxygens (including phenoxy) is 3. The summed E-state index contributed by atoms with van der Waals surface area (Å²) in [5, 5.41) is 2.87. The summed E-state index contributed by atoms with van der Waals surface area (Å²) in [6.45, 7) is 1.65. The Labute approximate surface area is 165 Å². The first-order valence-electron chi connectivity index (χ1n) is 9.33. The van der Waals surface area contributed by atoms with Crippen LogP contribution in [0.25, 0.3) is 6.08 Å². The van der Waals surface area contributed by atoms with Gasteiger partial charge < -0.3 is 19.5 Å². The van der Waals surface area contributed by atoms with Crippen LogP contribution in [-0.2, 0) is 4.79 Å². The van der Waals surface area contributed by atoms with Crippen LogP contribution < -0.4 is 30.4 Å². The molecule has 0 radical (unpaired) electrons. The number of nitrogens with one attached hydrogen (secondary N) is 3. The number of hydrazine groups is 1. The number of hydrogen-bond donors (Lipinski definition) is 3. The summed E-state index contributed by atoms with van der Waals surface area (Å²) in [5.74, 6) is 1.16. The number of carbonyl (C=O) groups excluding carboxylic acids is 2. The van der Waals surface area contributed by atoms with E-state index >= 15 is 0 Å². The van der Waals surface area contributed by atoms with Crippen molar-refractivity contribution in [1.82, 2.24) is 16.2 Å². The van der Waals surface area contributed by atoms with Crippen molar-refractivity contribution in [3.8, 4) is 17.2 Å². The molecule has 0 unspecified atom stereocenters. The van der Waals surface area contributed by atoms with E-state index in [0.29, 0.717) is 28.4 Å². The van der Waals surface area contributed by atoms with Crippen molar-refractivity contribution in [2.24, 2.45) is 0 Å². The molecule has 1 aromatic rings. The van der Waals surface area contributed by atoms with E-state index in [9.17, 15) is 9.59 Å². The molecular formula is C20H29N3O5. The fraction of sp³-hybridized carbons (Fsp3) is 0.500. The molecule has 0 heterocycles. The quantitative estimate of drug-likeness (QED) is 0.512. The molecule has 1 saturated carbocycles. The van der Waals surface area contributed by atoms with Crippen LogP contribution in [0.1, 0.15) is 44.6 Å². The van der Waals surface area contributed by atoms with Gasteiger partial charge in [0, 0.05) is 23.2 Å². The number of hydrogen-bond acceptors (Lipinski definition) is 5. The third-order valence-electron chi connectivity index (χ3n) is 4.70. The molecular weight excluding hydrogens is 362 g/mol. The SMILES string of the molecule is COc1cc(OC)c(OC)cc1/C=C(/C)C(=O)NNC(=O)NC1CCCCC1. The summed E-state index contributed by atoms with van der Waals surface area (Å²) in [4.78, 5) is 24.2. The number of methoxy groups -OCH3 is 3. The Bertz CT molecular complexity index is 727. The third kappa shape index (κ3) is 5.80. The highest BCUT2D eigenvalue weighted by Gasteiger charge is 2.16. The molecule has 0 aromatic heterocycles. The first-order chi connectivity index (χ1) is 13.5. The maximum Gasteiger partial charge on any atom is 0.333 e. The molecule has 154 valence electrons. The van der Waals surface area contributed by atoms with Gasteiger partial charge in [0.2, 0.25) is 0 Å². The van der Waals surface area contributed by atoms with E-state index in [-0.39, 0.29) is 6.04 Å². The van der Waals surface area contributed by atoms with Crippen LogP contribution in [0.5, 0.6) is 17.2 Å². The van der Waals surface area contributed by atoms with E-state index in [1.807, 2.05) is 0 Å². The highest BCUT2D eigenvalue weighted by atomic mass is 16.5. The van der Waals surface area contributed by atoms with Gasteiger partial charge in [-0.25, -0.2) is 10.2 Å². The lowest BCUT2D eigenvalue weighted by Crippen LogP contribution is -2.50. The lowest BCUT2D eigenvalue weighted by atomic mass is 9.96. The second-order valence-corrected chi connectivity index (χ2v) is 6.66. The molecule has 28 heavy (non-hydrogen) atoms. The first-order valence-corrected chi connectivity index (χ1v) is 9.33. The largest absolute Gasteiger partial charge is 0.496 e. The van der Waals surface area contributed by atoms with E-state index in [2.05, 4.69) is 16.2 Å². The molecule has 0 spiro atoms. The zero-order chi connectivity index (χ0) is 20.5. The van der Waals surface area contributed by atoms with Gasteiger partial charge in [0.15, 0.2) is 11.5 Å². The molecule has 2 rings (SSSR count). The molecule has 3 N–H and O–H groups in total. The molecule has 1 fully saturated rings. The topological polar surface area (TPSA) is 97.9 Å². The molecule has 0 bridgehead atoms. The predicted octanol–water partition coefficient (Wildman–Crippen LogP) is 2.78. The smallest absolute Gasteiger partial charge is 0.333 e. The van der Waals surface area contributed by atoms with E-state index in [1.54, 1.807) is 25.1 Å². The summed E-state index contributed by atoms with van der Waals surface area (Å²) in [6, 6.07) is 3.17. The van der Waals surface area contributed by atoms with E-state index in [4.69, 9.17) is 14.2 Å². The van der Waals surface area contributed by atoms with Crippen LogP contribution in [0.15, 0.2) is 17.7 Å². The zero-order valence-corrected chi connectivity index (χ0v) is 16.9. The van der Waals surface area contributed by atoms with Gasteiger partial charge in [-0.15, -0.1) is 0 Å². The molecule has 0 saturated heterocycles. The van der Waals surface area contributed by atoms with Gasteiger partial charge in [-0.1, -0.05) is 19.3 Å². The molecule has 1 aromatic carbocycles. The maximum atomic E-state index is 12.3. The Kier molecular flexibility index (Phi) is 7.98. The first kappa shape index (κ1) is 21.4. The lowest BCUT2D eigenvalue weighted by molar-refractivity contribution is -0.118. The number of carbonyl (C=O) groups is 2. The second-order valence-electron chi connectivity index (χ2n) is 6.66. The summed E-state index contributed by atoms with van der Waals surface area (Å²) in [7, 11) is 4.60. The highest BCUT2D eigenvalue weighted by Crippen LogP contribution is 2.35. The Morgan fingerprint density at radius 1 is 0.929 bits per heavy atom. The summed E-state index contributed by atoms with van der Waals surface area (Å²) in [5.41, 5.74) is 5.86. The second kappa shape index (κ2) is 10.4. The molecule has 3 amide bonds. The third-order valence-corrected chi connectivity index (χ3v) is 4.70. The fourth-order valence-corrected chi connectivity index (χ4v) is 3.14. The minimum Gasteiger partial charge on any atom is -0.496 e. The van der Waals surface area contributed by atoms with Crippen molar-refractivity contribution >= 4 is 18.0 Å². The van der Waals surface area contributed by atoms with Gasteiger partial charge >= 0.3 is 6.03 Å². The van der Waals surface area contributed by atoms with E-state index in [0.717, 1.165) is 25.7 Å². The number of amides is 3. The van der Waals surface area contributed by atoms with Gasteiger partial charge in [-0.3, -0.25) is 10.2 Å². The molecule has 8 heteroatoms. The Balaban J connectivity index is 1.99. The van der Waals surface area contributed by atoms with E-state index < -0.39 is 11.9 Å². The van der Waals surface area contributed by atoms with Crippen molar-refractivity contribution in [3.63, 3.8) is 0 Å². The van der Waals surface area contributed by atoms with Crippen LogP contribution in [0.4, 0.5) is 4.79 Å². The number of urea groups is 1. The van der Waals surface area contributed by atoms with Gasteiger partial charge in [0.05, 0.1) is 21.3 Å². The molecule has 8 nitrogen and oxygen atoms in total. The number of benzene rings is 1. The van der Waals surface area contributed by atoms with Gasteiger partial charge in [0.1, 0.15) is 5.75 Å². The zero-order valence-electron chi connectivity index (χ0n) is 16.9. The molecule has 1 aliphatic carbocycles. The van der Waals surface area contributed by atoms with Crippen molar-refractivity contribution < 1.29 is 23.8 Å². The van der Waals surface area contributed by atoms with Crippen LogP contribution >= 0.6 is 0 Å². The normalized spacial score (nSPS) is 14.8. The van der Waals surface area contributed by atoms with Crippen molar-refractivity contribution in [1.29, 1.82) is 0 Å². The molecule has 0 aliphatic heterocycles.